The second-order valence-electron chi connectivity index (χ2n) is 5.20. The first kappa shape index (κ1) is 16.3. The molecule has 0 bridgehead atoms. The van der Waals surface area contributed by atoms with Crippen LogP contribution in [0.5, 0.6) is 0 Å². The van der Waals surface area contributed by atoms with Gasteiger partial charge in [-0.2, -0.15) is 10.1 Å². The highest BCUT2D eigenvalue weighted by Crippen LogP contribution is 2.17. The second kappa shape index (κ2) is 6.54. The number of rotatable bonds is 6. The fourth-order valence-corrected chi connectivity index (χ4v) is 3.56. The first-order valence-corrected chi connectivity index (χ1v) is 8.87. The van der Waals surface area contributed by atoms with Crippen molar-refractivity contribution in [2.45, 2.75) is 24.8 Å². The molecule has 3 aromatic rings. The van der Waals surface area contributed by atoms with E-state index in [0.29, 0.717) is 17.8 Å². The van der Waals surface area contributed by atoms with Crippen LogP contribution < -0.4 is 4.72 Å². The first-order valence-electron chi connectivity index (χ1n) is 7.39. The van der Waals surface area contributed by atoms with Crippen molar-refractivity contribution in [1.82, 2.24) is 24.6 Å². The molecule has 2 heterocycles. The van der Waals surface area contributed by atoms with Gasteiger partial charge in [0, 0.05) is 13.2 Å². The molecule has 0 spiro atoms. The molecule has 0 aliphatic rings. The van der Waals surface area contributed by atoms with Crippen LogP contribution in [-0.2, 0) is 30.0 Å². The highest BCUT2D eigenvalue weighted by molar-refractivity contribution is 7.89. The molecule has 2 aromatic heterocycles. The van der Waals surface area contributed by atoms with Crippen molar-refractivity contribution >= 4 is 10.0 Å². The van der Waals surface area contributed by atoms with Crippen LogP contribution in [0.3, 0.4) is 0 Å². The van der Waals surface area contributed by atoms with E-state index in [1.54, 1.807) is 42.3 Å². The zero-order valence-corrected chi connectivity index (χ0v) is 14.1. The number of benzene rings is 1. The van der Waals surface area contributed by atoms with E-state index >= 15 is 0 Å². The molecule has 0 saturated heterocycles. The van der Waals surface area contributed by atoms with Crippen molar-refractivity contribution in [2.24, 2.45) is 7.05 Å². The summed E-state index contributed by atoms with van der Waals surface area (Å²) in [5, 5.41) is 7.86. The molecule has 8 nitrogen and oxygen atoms in total. The van der Waals surface area contributed by atoms with Gasteiger partial charge in [-0.15, -0.1) is 0 Å². The molecule has 126 valence electrons. The summed E-state index contributed by atoms with van der Waals surface area (Å²) in [4.78, 5) is 4.44. The van der Waals surface area contributed by atoms with Gasteiger partial charge in [0.2, 0.25) is 21.7 Å². The Balaban J connectivity index is 1.75. The van der Waals surface area contributed by atoms with Gasteiger partial charge in [0.05, 0.1) is 23.2 Å². The van der Waals surface area contributed by atoms with Crippen LogP contribution in [0.15, 0.2) is 46.1 Å². The summed E-state index contributed by atoms with van der Waals surface area (Å²) in [5.74, 6) is 0.553. The number of hydrogen-bond acceptors (Lipinski definition) is 6. The number of aromatic nitrogens is 4. The van der Waals surface area contributed by atoms with Gasteiger partial charge >= 0.3 is 0 Å². The lowest BCUT2D eigenvalue weighted by Gasteiger charge is -2.08. The third kappa shape index (κ3) is 3.36. The summed E-state index contributed by atoms with van der Waals surface area (Å²) in [6, 6.07) is 6.88. The number of sulfonamides is 1. The SMILES string of the molecule is CCc1ccccc1S(=O)(=O)NCc1nc(-c2cnn(C)c2)no1. The van der Waals surface area contributed by atoms with Gasteiger partial charge in [0.1, 0.15) is 0 Å². The summed E-state index contributed by atoms with van der Waals surface area (Å²) in [6.45, 7) is 1.83. The molecule has 0 radical (unpaired) electrons. The number of hydrogen-bond donors (Lipinski definition) is 1. The van der Waals surface area contributed by atoms with Crippen LogP contribution in [0.1, 0.15) is 18.4 Å². The van der Waals surface area contributed by atoms with Crippen LogP contribution in [-0.4, -0.2) is 28.3 Å². The van der Waals surface area contributed by atoms with Crippen molar-refractivity contribution in [2.75, 3.05) is 0 Å². The maximum absolute atomic E-state index is 12.5. The van der Waals surface area contributed by atoms with Crippen molar-refractivity contribution in [3.8, 4) is 11.4 Å². The minimum Gasteiger partial charge on any atom is -0.338 e. The fraction of sp³-hybridized carbons (Fsp3) is 0.267. The maximum Gasteiger partial charge on any atom is 0.242 e. The summed E-state index contributed by atoms with van der Waals surface area (Å²) in [7, 11) is -1.87. The maximum atomic E-state index is 12.5. The van der Waals surface area contributed by atoms with E-state index in [-0.39, 0.29) is 17.3 Å². The average Bonchev–Trinajstić information content (AvgIpc) is 3.21. The molecular formula is C15H17N5O3S. The average molecular weight is 347 g/mol. The largest absolute Gasteiger partial charge is 0.338 e. The van der Waals surface area contributed by atoms with E-state index in [9.17, 15) is 8.42 Å². The Hall–Kier alpha value is -2.52. The summed E-state index contributed by atoms with van der Waals surface area (Å²) in [5.41, 5.74) is 1.46. The predicted octanol–water partition coefficient (Wildman–Crippen LogP) is 1.51. The highest BCUT2D eigenvalue weighted by atomic mass is 32.2. The minimum absolute atomic E-state index is 0.0757. The molecule has 1 N–H and O–H groups in total. The Morgan fingerprint density at radius 1 is 1.29 bits per heavy atom. The Morgan fingerprint density at radius 3 is 2.79 bits per heavy atom. The molecule has 0 saturated carbocycles. The van der Waals surface area contributed by atoms with Gasteiger partial charge in [0.25, 0.3) is 0 Å². The Morgan fingerprint density at radius 2 is 2.08 bits per heavy atom. The third-order valence-corrected chi connectivity index (χ3v) is 4.99. The first-order chi connectivity index (χ1) is 11.5. The van der Waals surface area contributed by atoms with Gasteiger partial charge in [0.15, 0.2) is 0 Å². The second-order valence-corrected chi connectivity index (χ2v) is 6.94. The zero-order chi connectivity index (χ0) is 17.2. The summed E-state index contributed by atoms with van der Waals surface area (Å²) in [6.07, 6.45) is 3.98. The molecule has 0 aliphatic heterocycles. The minimum atomic E-state index is -3.65. The molecule has 3 rings (SSSR count). The van der Waals surface area contributed by atoms with Gasteiger partial charge < -0.3 is 4.52 Å². The van der Waals surface area contributed by atoms with Crippen LogP contribution in [0.25, 0.3) is 11.4 Å². The quantitative estimate of drug-likeness (QED) is 0.725. The van der Waals surface area contributed by atoms with E-state index in [0.717, 1.165) is 5.56 Å². The lowest BCUT2D eigenvalue weighted by atomic mass is 10.2. The van der Waals surface area contributed by atoms with E-state index in [2.05, 4.69) is 20.0 Å². The molecule has 0 atom stereocenters. The smallest absolute Gasteiger partial charge is 0.242 e. The topological polar surface area (TPSA) is 103 Å². The highest BCUT2D eigenvalue weighted by Gasteiger charge is 2.19. The summed E-state index contributed by atoms with van der Waals surface area (Å²) >= 11 is 0. The van der Waals surface area contributed by atoms with Crippen molar-refractivity contribution in [3.63, 3.8) is 0 Å². The number of nitrogens with one attached hydrogen (secondary N) is 1. The molecular weight excluding hydrogens is 330 g/mol. The Labute approximate surface area is 139 Å². The number of nitrogens with zero attached hydrogens (tertiary/aromatic N) is 4. The van der Waals surface area contributed by atoms with E-state index in [1.165, 1.54) is 0 Å². The van der Waals surface area contributed by atoms with Gasteiger partial charge in [-0.1, -0.05) is 30.3 Å². The van der Waals surface area contributed by atoms with E-state index in [1.807, 2.05) is 13.0 Å². The Bertz CT molecular complexity index is 945. The normalized spacial score (nSPS) is 11.8. The Kier molecular flexibility index (Phi) is 4.45. The standard InChI is InChI=1S/C15H17N5O3S/c1-3-11-6-4-5-7-13(11)24(21,22)17-9-14-18-15(19-23-14)12-8-16-20(2)10-12/h4-8,10,17H,3,9H2,1-2H3. The van der Waals surface area contributed by atoms with Crippen molar-refractivity contribution < 1.29 is 12.9 Å². The monoisotopic (exact) mass is 347 g/mol. The van der Waals surface area contributed by atoms with Gasteiger partial charge in [-0.3, -0.25) is 4.68 Å². The molecule has 1 aromatic carbocycles. The van der Waals surface area contributed by atoms with E-state index in [4.69, 9.17) is 4.52 Å². The van der Waals surface area contributed by atoms with Gasteiger partial charge in [-0.05, 0) is 18.1 Å². The zero-order valence-electron chi connectivity index (χ0n) is 13.3. The van der Waals surface area contributed by atoms with Crippen LogP contribution in [0.4, 0.5) is 0 Å². The van der Waals surface area contributed by atoms with Crippen molar-refractivity contribution in [1.29, 1.82) is 0 Å². The summed E-state index contributed by atoms with van der Waals surface area (Å²) < 4.78 is 34.1. The number of aryl methyl sites for hydroxylation is 2. The lowest BCUT2D eigenvalue weighted by Crippen LogP contribution is -2.24. The fourth-order valence-electron chi connectivity index (χ4n) is 2.27. The molecule has 0 fully saturated rings. The lowest BCUT2D eigenvalue weighted by molar-refractivity contribution is 0.376. The van der Waals surface area contributed by atoms with Crippen LogP contribution in [0.2, 0.25) is 0 Å². The molecule has 9 heteroatoms. The van der Waals surface area contributed by atoms with Crippen LogP contribution in [0, 0.1) is 0 Å². The molecule has 0 unspecified atom stereocenters. The predicted molar refractivity (Wildman–Crippen MR) is 86.3 cm³/mol. The third-order valence-electron chi connectivity index (χ3n) is 3.49. The van der Waals surface area contributed by atoms with Gasteiger partial charge in [-0.25, -0.2) is 13.1 Å². The molecule has 0 aliphatic carbocycles. The molecule has 24 heavy (non-hydrogen) atoms. The molecule has 0 amide bonds. The van der Waals surface area contributed by atoms with Crippen LogP contribution >= 0.6 is 0 Å². The van der Waals surface area contributed by atoms with E-state index < -0.39 is 10.0 Å². The van der Waals surface area contributed by atoms with Crippen molar-refractivity contribution in [3.05, 3.63) is 48.1 Å².